The SMILES string of the molecule is CNC(=O)C(C)NC(=O)c1cc(C)ccc1O. The van der Waals surface area contributed by atoms with Crippen LogP contribution in [0, 0.1) is 6.92 Å². The number of likely N-dealkylation sites (N-methyl/N-ethyl adjacent to an activating group) is 1. The van der Waals surface area contributed by atoms with E-state index in [1.807, 2.05) is 6.92 Å². The highest BCUT2D eigenvalue weighted by Gasteiger charge is 2.17. The second kappa shape index (κ2) is 5.34. The third-order valence-corrected chi connectivity index (χ3v) is 2.38. The Hall–Kier alpha value is -2.04. The van der Waals surface area contributed by atoms with Gasteiger partial charge in [0, 0.05) is 7.05 Å². The maximum Gasteiger partial charge on any atom is 0.255 e. The van der Waals surface area contributed by atoms with Crippen LogP contribution >= 0.6 is 0 Å². The fourth-order valence-electron chi connectivity index (χ4n) is 1.39. The molecule has 5 nitrogen and oxygen atoms in total. The molecule has 1 aromatic rings. The normalized spacial score (nSPS) is 11.7. The summed E-state index contributed by atoms with van der Waals surface area (Å²) in [7, 11) is 1.50. The summed E-state index contributed by atoms with van der Waals surface area (Å²) in [6.07, 6.45) is 0. The van der Waals surface area contributed by atoms with Gasteiger partial charge in [-0.2, -0.15) is 0 Å². The molecule has 0 heterocycles. The average Bonchev–Trinajstić information content (AvgIpc) is 2.30. The van der Waals surface area contributed by atoms with Gasteiger partial charge in [-0.25, -0.2) is 0 Å². The molecule has 0 radical (unpaired) electrons. The molecule has 5 heteroatoms. The molecule has 0 aromatic heterocycles. The molecule has 0 bridgehead atoms. The van der Waals surface area contributed by atoms with Gasteiger partial charge in [0.05, 0.1) is 5.56 Å². The minimum atomic E-state index is -0.646. The summed E-state index contributed by atoms with van der Waals surface area (Å²) in [5.74, 6) is -0.856. The Kier molecular flexibility index (Phi) is 4.09. The Morgan fingerprint density at radius 1 is 1.35 bits per heavy atom. The second-order valence-electron chi connectivity index (χ2n) is 3.83. The summed E-state index contributed by atoms with van der Waals surface area (Å²) in [6, 6.07) is 4.08. The van der Waals surface area contributed by atoms with Crippen LogP contribution in [0.15, 0.2) is 18.2 Å². The van der Waals surface area contributed by atoms with Gasteiger partial charge >= 0.3 is 0 Å². The standard InChI is InChI=1S/C12H16N2O3/c1-7-4-5-10(15)9(6-7)12(17)14-8(2)11(16)13-3/h4-6,8,15H,1-3H3,(H,13,16)(H,14,17). The first-order valence-electron chi connectivity index (χ1n) is 5.27. The Morgan fingerprint density at radius 3 is 2.59 bits per heavy atom. The van der Waals surface area contributed by atoms with Crippen molar-refractivity contribution in [3.05, 3.63) is 29.3 Å². The van der Waals surface area contributed by atoms with Crippen molar-refractivity contribution in [3.8, 4) is 5.75 Å². The van der Waals surface area contributed by atoms with E-state index in [9.17, 15) is 14.7 Å². The Bertz CT molecular complexity index is 443. The highest BCUT2D eigenvalue weighted by Crippen LogP contribution is 2.17. The first-order chi connectivity index (χ1) is 7.95. The maximum absolute atomic E-state index is 11.8. The second-order valence-corrected chi connectivity index (χ2v) is 3.83. The summed E-state index contributed by atoms with van der Waals surface area (Å²) in [5, 5.41) is 14.5. The Balaban J connectivity index is 2.83. The molecule has 92 valence electrons. The van der Waals surface area contributed by atoms with Crippen molar-refractivity contribution in [2.75, 3.05) is 7.05 Å². The van der Waals surface area contributed by atoms with E-state index in [4.69, 9.17) is 0 Å². The van der Waals surface area contributed by atoms with Gasteiger partial charge in [0.15, 0.2) is 0 Å². The molecule has 0 aliphatic heterocycles. The number of hydrogen-bond donors (Lipinski definition) is 3. The third kappa shape index (κ3) is 3.21. The number of aryl methyl sites for hydroxylation is 1. The number of phenols is 1. The summed E-state index contributed by atoms with van der Waals surface area (Å²) in [5.41, 5.74) is 1.03. The largest absolute Gasteiger partial charge is 0.507 e. The number of nitrogens with one attached hydrogen (secondary N) is 2. The maximum atomic E-state index is 11.8. The predicted molar refractivity (Wildman–Crippen MR) is 63.8 cm³/mol. The van der Waals surface area contributed by atoms with Crippen LogP contribution in [0.5, 0.6) is 5.75 Å². The van der Waals surface area contributed by atoms with E-state index in [2.05, 4.69) is 10.6 Å². The summed E-state index contributed by atoms with van der Waals surface area (Å²) >= 11 is 0. The van der Waals surface area contributed by atoms with Crippen molar-refractivity contribution < 1.29 is 14.7 Å². The molecule has 3 N–H and O–H groups in total. The Labute approximate surface area is 99.8 Å². The molecule has 0 aliphatic rings. The van der Waals surface area contributed by atoms with Gasteiger partial charge in [0.1, 0.15) is 11.8 Å². The first kappa shape index (κ1) is 13.0. The van der Waals surface area contributed by atoms with E-state index < -0.39 is 11.9 Å². The molecule has 0 saturated carbocycles. The van der Waals surface area contributed by atoms with Crippen LogP contribution in [0.3, 0.4) is 0 Å². The number of amides is 2. The molecule has 1 atom stereocenters. The predicted octanol–water partition coefficient (Wildman–Crippen LogP) is 0.565. The summed E-state index contributed by atoms with van der Waals surface area (Å²) in [6.45, 7) is 3.39. The van der Waals surface area contributed by atoms with E-state index in [-0.39, 0.29) is 17.2 Å². The first-order valence-corrected chi connectivity index (χ1v) is 5.27. The van der Waals surface area contributed by atoms with Crippen molar-refractivity contribution in [3.63, 3.8) is 0 Å². The molecule has 0 fully saturated rings. The lowest BCUT2D eigenvalue weighted by molar-refractivity contribution is -0.122. The van der Waals surface area contributed by atoms with Crippen molar-refractivity contribution >= 4 is 11.8 Å². The van der Waals surface area contributed by atoms with Crippen LogP contribution in [0.2, 0.25) is 0 Å². The van der Waals surface area contributed by atoms with Gasteiger partial charge < -0.3 is 15.7 Å². The lowest BCUT2D eigenvalue weighted by Crippen LogP contribution is -2.43. The number of rotatable bonds is 3. The zero-order valence-corrected chi connectivity index (χ0v) is 10.1. The number of carbonyl (C=O) groups is 2. The van der Waals surface area contributed by atoms with Crippen LogP contribution < -0.4 is 10.6 Å². The fourth-order valence-corrected chi connectivity index (χ4v) is 1.39. The molecule has 1 unspecified atom stereocenters. The zero-order valence-electron chi connectivity index (χ0n) is 10.1. The molecule has 17 heavy (non-hydrogen) atoms. The lowest BCUT2D eigenvalue weighted by Gasteiger charge is -2.13. The van der Waals surface area contributed by atoms with Crippen LogP contribution in [0.4, 0.5) is 0 Å². The van der Waals surface area contributed by atoms with Crippen molar-refractivity contribution in [1.29, 1.82) is 0 Å². The molecule has 0 spiro atoms. The lowest BCUT2D eigenvalue weighted by atomic mass is 10.1. The highest BCUT2D eigenvalue weighted by atomic mass is 16.3. The van der Waals surface area contributed by atoms with E-state index in [1.54, 1.807) is 19.1 Å². The van der Waals surface area contributed by atoms with Crippen LogP contribution in [0.1, 0.15) is 22.8 Å². The topological polar surface area (TPSA) is 78.4 Å². The number of carbonyl (C=O) groups excluding carboxylic acids is 2. The highest BCUT2D eigenvalue weighted by molar-refractivity contribution is 5.99. The van der Waals surface area contributed by atoms with Gasteiger partial charge in [0.25, 0.3) is 5.91 Å². The van der Waals surface area contributed by atoms with Crippen LogP contribution in [-0.4, -0.2) is 30.0 Å². The monoisotopic (exact) mass is 236 g/mol. The quantitative estimate of drug-likeness (QED) is 0.717. The van der Waals surface area contributed by atoms with Crippen LogP contribution in [0.25, 0.3) is 0 Å². The minimum Gasteiger partial charge on any atom is -0.507 e. The van der Waals surface area contributed by atoms with Gasteiger partial charge in [-0.1, -0.05) is 11.6 Å². The van der Waals surface area contributed by atoms with Gasteiger partial charge in [-0.15, -0.1) is 0 Å². The number of hydrogen-bond acceptors (Lipinski definition) is 3. The molecule has 1 aromatic carbocycles. The van der Waals surface area contributed by atoms with Gasteiger partial charge in [-0.05, 0) is 26.0 Å². The molecule has 0 aliphatic carbocycles. The van der Waals surface area contributed by atoms with Crippen molar-refractivity contribution in [1.82, 2.24) is 10.6 Å². The van der Waals surface area contributed by atoms with Gasteiger partial charge in [-0.3, -0.25) is 9.59 Å². The molecule has 2 amide bonds. The fraction of sp³-hybridized carbons (Fsp3) is 0.333. The molecular formula is C12H16N2O3. The summed E-state index contributed by atoms with van der Waals surface area (Å²) < 4.78 is 0. The van der Waals surface area contributed by atoms with Crippen molar-refractivity contribution in [2.45, 2.75) is 19.9 Å². The third-order valence-electron chi connectivity index (χ3n) is 2.38. The van der Waals surface area contributed by atoms with E-state index in [0.717, 1.165) is 5.56 Å². The smallest absolute Gasteiger partial charge is 0.255 e. The Morgan fingerprint density at radius 2 is 2.00 bits per heavy atom. The van der Waals surface area contributed by atoms with E-state index in [0.29, 0.717) is 0 Å². The number of phenolic OH excluding ortho intramolecular Hbond substituents is 1. The van der Waals surface area contributed by atoms with Crippen LogP contribution in [-0.2, 0) is 4.79 Å². The molecule has 0 saturated heterocycles. The summed E-state index contributed by atoms with van der Waals surface area (Å²) in [4.78, 5) is 23.0. The average molecular weight is 236 g/mol. The van der Waals surface area contributed by atoms with Crippen molar-refractivity contribution in [2.24, 2.45) is 0 Å². The van der Waals surface area contributed by atoms with E-state index >= 15 is 0 Å². The molecular weight excluding hydrogens is 220 g/mol. The minimum absolute atomic E-state index is 0.0998. The van der Waals surface area contributed by atoms with E-state index in [1.165, 1.54) is 13.1 Å². The number of aromatic hydroxyl groups is 1. The molecule has 1 rings (SSSR count). The zero-order chi connectivity index (χ0) is 13.0. The van der Waals surface area contributed by atoms with Gasteiger partial charge in [0.2, 0.25) is 5.91 Å². The number of benzene rings is 1.